The van der Waals surface area contributed by atoms with Gasteiger partial charge in [0, 0.05) is 12.8 Å². The van der Waals surface area contributed by atoms with Gasteiger partial charge in [0.05, 0.1) is 9.72 Å². The number of carbonyl (C=O) groups is 2. The number of nitrogens with one attached hydrogen (secondary N) is 1. The molecule has 2 aromatic rings. The lowest BCUT2D eigenvalue weighted by molar-refractivity contribution is -0.136. The van der Waals surface area contributed by atoms with Crippen LogP contribution in [0.5, 0.6) is 0 Å². The fourth-order valence-electron chi connectivity index (χ4n) is 1.76. The number of fused-ring (bicyclic) bond motifs is 1. The van der Waals surface area contributed by atoms with E-state index in [-0.39, 0.29) is 24.7 Å². The summed E-state index contributed by atoms with van der Waals surface area (Å²) in [5.74, 6) is -0.462. The first kappa shape index (κ1) is 11.4. The lowest BCUT2D eigenvalue weighted by Crippen LogP contribution is -2.34. The summed E-state index contributed by atoms with van der Waals surface area (Å²) in [4.78, 5) is 27.2. The van der Waals surface area contributed by atoms with Crippen LogP contribution >= 0.6 is 22.9 Å². The maximum Gasteiger partial charge on any atom is 0.248 e. The summed E-state index contributed by atoms with van der Waals surface area (Å²) in [5, 5.41) is 2.06. The van der Waals surface area contributed by atoms with Crippen molar-refractivity contribution >= 4 is 50.1 Å². The number of hydrazine groups is 1. The number of aromatic nitrogens is 1. The predicted octanol–water partition coefficient (Wildman–Crippen LogP) is 2.43. The monoisotopic (exact) mass is 281 g/mol. The summed E-state index contributed by atoms with van der Waals surface area (Å²) < 4.78 is 0.907. The Morgan fingerprint density at radius 1 is 1.28 bits per heavy atom. The van der Waals surface area contributed by atoms with E-state index in [1.807, 2.05) is 12.1 Å². The lowest BCUT2D eigenvalue weighted by Gasteiger charge is -2.13. The van der Waals surface area contributed by atoms with Gasteiger partial charge in [-0.05, 0) is 12.1 Å². The van der Waals surface area contributed by atoms with Crippen LogP contribution in [0.25, 0.3) is 10.2 Å². The summed E-state index contributed by atoms with van der Waals surface area (Å²) in [7, 11) is 0. The average Bonchev–Trinajstić information content (AvgIpc) is 2.89. The van der Waals surface area contributed by atoms with Crippen molar-refractivity contribution in [1.82, 2.24) is 9.99 Å². The Kier molecular flexibility index (Phi) is 2.68. The quantitative estimate of drug-likeness (QED) is 0.859. The molecule has 0 spiro atoms. The molecular weight excluding hydrogens is 274 g/mol. The van der Waals surface area contributed by atoms with Crippen molar-refractivity contribution in [3.05, 3.63) is 23.2 Å². The summed E-state index contributed by atoms with van der Waals surface area (Å²) in [6, 6.07) is 5.47. The zero-order valence-electron chi connectivity index (χ0n) is 9.14. The van der Waals surface area contributed by atoms with Crippen molar-refractivity contribution in [2.45, 2.75) is 12.8 Å². The number of benzene rings is 1. The third-order valence-electron chi connectivity index (χ3n) is 2.63. The number of halogens is 1. The van der Waals surface area contributed by atoms with Crippen LogP contribution in [0.1, 0.15) is 12.8 Å². The molecule has 0 saturated carbocycles. The van der Waals surface area contributed by atoms with Gasteiger partial charge in [-0.15, -0.1) is 0 Å². The number of hydrogen-bond acceptors (Lipinski definition) is 5. The van der Waals surface area contributed by atoms with E-state index in [1.54, 1.807) is 6.07 Å². The van der Waals surface area contributed by atoms with E-state index < -0.39 is 0 Å². The number of imide groups is 1. The van der Waals surface area contributed by atoms with Gasteiger partial charge in [-0.3, -0.25) is 15.0 Å². The predicted molar refractivity (Wildman–Crippen MR) is 69.3 cm³/mol. The van der Waals surface area contributed by atoms with E-state index in [4.69, 9.17) is 11.6 Å². The van der Waals surface area contributed by atoms with Gasteiger partial charge in [-0.1, -0.05) is 29.0 Å². The first-order chi connectivity index (χ1) is 8.65. The molecule has 1 aromatic carbocycles. The standard InChI is InChI=1S/C11H8ClN3O2S/c12-6-2-1-3-7-10(6)13-11(18-7)14-15-8(16)4-5-9(15)17/h1-3H,4-5H2,(H,13,14). The van der Waals surface area contributed by atoms with Crippen LogP contribution < -0.4 is 5.43 Å². The number of hydrogen-bond donors (Lipinski definition) is 1. The minimum atomic E-state index is -0.231. The second-order valence-corrected chi connectivity index (χ2v) is 5.28. The fourth-order valence-corrected chi connectivity index (χ4v) is 2.91. The molecule has 0 unspecified atom stereocenters. The molecule has 2 amide bonds. The molecule has 18 heavy (non-hydrogen) atoms. The van der Waals surface area contributed by atoms with Gasteiger partial charge in [0.15, 0.2) is 0 Å². The minimum Gasteiger partial charge on any atom is -0.273 e. The van der Waals surface area contributed by atoms with Gasteiger partial charge in [0.1, 0.15) is 5.52 Å². The van der Waals surface area contributed by atoms with E-state index in [2.05, 4.69) is 10.4 Å². The molecule has 1 saturated heterocycles. The highest BCUT2D eigenvalue weighted by molar-refractivity contribution is 7.22. The normalized spacial score (nSPS) is 15.7. The third kappa shape index (κ3) is 1.83. The van der Waals surface area contributed by atoms with E-state index in [1.165, 1.54) is 11.3 Å². The molecule has 0 radical (unpaired) electrons. The molecule has 0 atom stereocenters. The molecule has 0 bridgehead atoms. The molecule has 7 heteroatoms. The molecular formula is C11H8ClN3O2S. The molecule has 2 heterocycles. The maximum absolute atomic E-state index is 11.5. The number of para-hydroxylation sites is 1. The van der Waals surface area contributed by atoms with Crippen molar-refractivity contribution in [3.63, 3.8) is 0 Å². The zero-order valence-corrected chi connectivity index (χ0v) is 10.7. The van der Waals surface area contributed by atoms with Crippen molar-refractivity contribution < 1.29 is 9.59 Å². The Balaban J connectivity index is 1.93. The van der Waals surface area contributed by atoms with Crippen LogP contribution in [0.15, 0.2) is 18.2 Å². The second kappa shape index (κ2) is 4.22. The summed E-state index contributed by atoms with van der Waals surface area (Å²) in [6.45, 7) is 0. The highest BCUT2D eigenvalue weighted by atomic mass is 35.5. The Morgan fingerprint density at radius 3 is 2.67 bits per heavy atom. The number of amides is 2. The van der Waals surface area contributed by atoms with Gasteiger partial charge < -0.3 is 0 Å². The molecule has 1 fully saturated rings. The molecule has 5 nitrogen and oxygen atoms in total. The molecule has 1 aliphatic heterocycles. The number of anilines is 1. The van der Waals surface area contributed by atoms with E-state index in [0.29, 0.717) is 15.7 Å². The van der Waals surface area contributed by atoms with Crippen molar-refractivity contribution in [1.29, 1.82) is 0 Å². The van der Waals surface area contributed by atoms with Crippen LogP contribution in [-0.2, 0) is 9.59 Å². The lowest BCUT2D eigenvalue weighted by atomic mass is 10.3. The topological polar surface area (TPSA) is 62.3 Å². The fraction of sp³-hybridized carbons (Fsp3) is 0.182. The Hall–Kier alpha value is -1.66. The van der Waals surface area contributed by atoms with E-state index in [9.17, 15) is 9.59 Å². The van der Waals surface area contributed by atoms with Crippen LogP contribution in [0, 0.1) is 0 Å². The SMILES string of the molecule is O=C1CCC(=O)N1Nc1nc2c(Cl)cccc2s1. The third-order valence-corrected chi connectivity index (χ3v) is 3.86. The molecule has 3 rings (SSSR count). The summed E-state index contributed by atoms with van der Waals surface area (Å²) in [6.07, 6.45) is 0.495. The van der Waals surface area contributed by atoms with Crippen molar-refractivity contribution in [2.24, 2.45) is 0 Å². The Morgan fingerprint density at radius 2 is 2.00 bits per heavy atom. The number of nitrogens with zero attached hydrogens (tertiary/aromatic N) is 2. The Bertz CT molecular complexity index is 639. The zero-order chi connectivity index (χ0) is 12.7. The van der Waals surface area contributed by atoms with Gasteiger partial charge in [0.2, 0.25) is 16.9 Å². The van der Waals surface area contributed by atoms with Crippen LogP contribution in [-0.4, -0.2) is 21.8 Å². The smallest absolute Gasteiger partial charge is 0.248 e. The van der Waals surface area contributed by atoms with Gasteiger partial charge >= 0.3 is 0 Å². The molecule has 0 aliphatic carbocycles. The van der Waals surface area contributed by atoms with Crippen LogP contribution in [0.4, 0.5) is 5.13 Å². The van der Waals surface area contributed by atoms with E-state index >= 15 is 0 Å². The Labute approximate surface area is 111 Å². The summed E-state index contributed by atoms with van der Waals surface area (Å²) in [5.41, 5.74) is 3.41. The molecule has 1 N–H and O–H groups in total. The molecule has 1 aliphatic rings. The second-order valence-electron chi connectivity index (χ2n) is 3.84. The van der Waals surface area contributed by atoms with Crippen molar-refractivity contribution in [2.75, 3.05) is 5.43 Å². The average molecular weight is 282 g/mol. The minimum absolute atomic E-state index is 0.231. The van der Waals surface area contributed by atoms with Crippen LogP contribution in [0.3, 0.4) is 0 Å². The first-order valence-corrected chi connectivity index (χ1v) is 6.52. The molecule has 1 aromatic heterocycles. The van der Waals surface area contributed by atoms with E-state index in [0.717, 1.165) is 9.71 Å². The number of carbonyl (C=O) groups excluding carboxylic acids is 2. The van der Waals surface area contributed by atoms with Crippen LogP contribution in [0.2, 0.25) is 5.02 Å². The number of thiazole rings is 1. The van der Waals surface area contributed by atoms with Gasteiger partial charge in [-0.25, -0.2) is 4.98 Å². The van der Waals surface area contributed by atoms with Gasteiger partial charge in [-0.2, -0.15) is 5.01 Å². The first-order valence-electron chi connectivity index (χ1n) is 5.32. The largest absolute Gasteiger partial charge is 0.273 e. The highest BCUT2D eigenvalue weighted by Gasteiger charge is 2.29. The maximum atomic E-state index is 11.5. The van der Waals surface area contributed by atoms with Gasteiger partial charge in [0.25, 0.3) is 0 Å². The van der Waals surface area contributed by atoms with Crippen molar-refractivity contribution in [3.8, 4) is 0 Å². The highest BCUT2D eigenvalue weighted by Crippen LogP contribution is 2.31. The summed E-state index contributed by atoms with van der Waals surface area (Å²) >= 11 is 7.36. The number of rotatable bonds is 2. The molecule has 92 valence electrons.